The molecule has 1 unspecified atom stereocenters. The molecule has 0 aliphatic carbocycles. The number of aromatic amines is 1. The van der Waals surface area contributed by atoms with Gasteiger partial charge in [-0.2, -0.15) is 4.39 Å². The summed E-state index contributed by atoms with van der Waals surface area (Å²) in [5.74, 6) is -0.931. The van der Waals surface area contributed by atoms with Crippen LogP contribution in [0, 0.1) is 5.95 Å². The van der Waals surface area contributed by atoms with E-state index in [1.165, 1.54) is 0 Å². The summed E-state index contributed by atoms with van der Waals surface area (Å²) in [5.41, 5.74) is -1.36. The van der Waals surface area contributed by atoms with Gasteiger partial charge in [0.05, 0.1) is 0 Å². The molecule has 78 valence electrons. The van der Waals surface area contributed by atoms with Crippen LogP contribution in [-0.2, 0) is 0 Å². The smallest absolute Gasteiger partial charge is 0.282 e. The minimum Gasteiger partial charge on any atom is -0.282 e. The fourth-order valence-corrected chi connectivity index (χ4v) is 1.37. The highest BCUT2D eigenvalue weighted by atomic mass is 79.9. The third-order valence-corrected chi connectivity index (χ3v) is 2.75. The van der Waals surface area contributed by atoms with Crippen molar-refractivity contribution in [2.24, 2.45) is 0 Å². The lowest BCUT2D eigenvalue weighted by molar-refractivity contribution is 0.462. The van der Waals surface area contributed by atoms with Crippen molar-refractivity contribution in [2.45, 2.75) is 26.3 Å². The second-order valence-electron chi connectivity index (χ2n) is 2.99. The number of H-pyrrole nitrogens is 1. The Hall–Kier alpha value is -0.910. The van der Waals surface area contributed by atoms with Crippen LogP contribution in [-0.4, -0.2) is 9.55 Å². The zero-order valence-electron chi connectivity index (χ0n) is 7.80. The third kappa shape index (κ3) is 1.79. The molecule has 0 aliphatic heterocycles. The Balaban J connectivity index is 3.53. The normalized spacial score (nSPS) is 12.9. The van der Waals surface area contributed by atoms with Crippen molar-refractivity contribution in [1.82, 2.24) is 9.55 Å². The summed E-state index contributed by atoms with van der Waals surface area (Å²) in [5, 5.41) is 0. The lowest BCUT2D eigenvalue weighted by Crippen LogP contribution is -2.38. The summed E-state index contributed by atoms with van der Waals surface area (Å²) in [4.78, 5) is 24.7. The van der Waals surface area contributed by atoms with Crippen LogP contribution in [0.2, 0.25) is 0 Å². The predicted molar refractivity (Wildman–Crippen MR) is 54.0 cm³/mol. The molecule has 1 heterocycles. The molecule has 0 aliphatic rings. The zero-order valence-corrected chi connectivity index (χ0v) is 9.39. The highest BCUT2D eigenvalue weighted by Gasteiger charge is 2.14. The van der Waals surface area contributed by atoms with E-state index in [2.05, 4.69) is 15.9 Å². The van der Waals surface area contributed by atoms with Gasteiger partial charge in [-0.3, -0.25) is 14.3 Å². The first-order chi connectivity index (χ1) is 6.49. The maximum absolute atomic E-state index is 12.9. The Kier molecular flexibility index (Phi) is 3.25. The van der Waals surface area contributed by atoms with Gasteiger partial charge in [0.25, 0.3) is 5.56 Å². The first kappa shape index (κ1) is 11.2. The number of halogens is 2. The van der Waals surface area contributed by atoms with E-state index < -0.39 is 17.2 Å². The van der Waals surface area contributed by atoms with Crippen molar-refractivity contribution in [3.05, 3.63) is 31.3 Å². The van der Waals surface area contributed by atoms with Crippen molar-refractivity contribution in [3.63, 3.8) is 0 Å². The second-order valence-corrected chi connectivity index (χ2v) is 3.78. The van der Waals surface area contributed by atoms with Crippen LogP contribution in [0.4, 0.5) is 4.39 Å². The molecule has 0 bridgehead atoms. The molecular formula is C8H10BrFN2O2. The Morgan fingerprint density at radius 2 is 2.14 bits per heavy atom. The van der Waals surface area contributed by atoms with Crippen molar-refractivity contribution in [2.75, 3.05) is 0 Å². The van der Waals surface area contributed by atoms with Gasteiger partial charge in [0.2, 0.25) is 5.95 Å². The number of aromatic nitrogens is 2. The van der Waals surface area contributed by atoms with Crippen LogP contribution in [0.5, 0.6) is 0 Å². The number of hydrogen-bond acceptors (Lipinski definition) is 2. The SMILES string of the molecule is CCC(C)n1c(=O)[nH]c(F)c(Br)c1=O. The fourth-order valence-electron chi connectivity index (χ4n) is 1.08. The molecule has 0 fully saturated rings. The van der Waals surface area contributed by atoms with Gasteiger partial charge in [0.1, 0.15) is 4.47 Å². The summed E-state index contributed by atoms with van der Waals surface area (Å²) in [6.07, 6.45) is 0.626. The molecule has 1 aromatic rings. The molecule has 1 rings (SSSR count). The van der Waals surface area contributed by atoms with Crippen molar-refractivity contribution >= 4 is 15.9 Å². The van der Waals surface area contributed by atoms with Gasteiger partial charge >= 0.3 is 5.69 Å². The van der Waals surface area contributed by atoms with E-state index in [9.17, 15) is 14.0 Å². The molecule has 14 heavy (non-hydrogen) atoms. The van der Waals surface area contributed by atoms with E-state index in [0.717, 1.165) is 4.57 Å². The number of nitrogens with zero attached hydrogens (tertiary/aromatic N) is 1. The molecule has 0 spiro atoms. The average molecular weight is 265 g/mol. The third-order valence-electron chi connectivity index (χ3n) is 2.07. The van der Waals surface area contributed by atoms with Crippen LogP contribution in [0.25, 0.3) is 0 Å². The largest absolute Gasteiger partial charge is 0.330 e. The van der Waals surface area contributed by atoms with Crippen molar-refractivity contribution < 1.29 is 4.39 Å². The summed E-state index contributed by atoms with van der Waals surface area (Å²) in [6.45, 7) is 3.56. The Labute approximate surface area is 87.9 Å². The molecule has 6 heteroatoms. The summed E-state index contributed by atoms with van der Waals surface area (Å²) in [6, 6.07) is -0.247. The van der Waals surface area contributed by atoms with Gasteiger partial charge in [-0.05, 0) is 29.3 Å². The van der Waals surface area contributed by atoms with Gasteiger partial charge in [0.15, 0.2) is 0 Å². The van der Waals surface area contributed by atoms with Gasteiger partial charge < -0.3 is 0 Å². The van der Waals surface area contributed by atoms with Gasteiger partial charge in [-0.1, -0.05) is 6.92 Å². The Morgan fingerprint density at radius 3 is 2.64 bits per heavy atom. The number of nitrogens with one attached hydrogen (secondary N) is 1. The molecule has 0 saturated carbocycles. The van der Waals surface area contributed by atoms with Crippen LogP contribution < -0.4 is 11.2 Å². The van der Waals surface area contributed by atoms with Gasteiger partial charge in [0, 0.05) is 6.04 Å². The number of rotatable bonds is 2. The quantitative estimate of drug-likeness (QED) is 0.822. The molecule has 0 amide bonds. The maximum Gasteiger partial charge on any atom is 0.330 e. The Bertz CT molecular complexity index is 452. The fraction of sp³-hybridized carbons (Fsp3) is 0.500. The maximum atomic E-state index is 12.9. The van der Waals surface area contributed by atoms with E-state index in [0.29, 0.717) is 6.42 Å². The monoisotopic (exact) mass is 264 g/mol. The van der Waals surface area contributed by atoms with E-state index >= 15 is 0 Å². The first-order valence-corrected chi connectivity index (χ1v) is 4.98. The first-order valence-electron chi connectivity index (χ1n) is 4.18. The van der Waals surface area contributed by atoms with E-state index in [1.807, 2.05) is 11.9 Å². The molecular weight excluding hydrogens is 255 g/mol. The standard InChI is InChI=1S/C8H10BrFN2O2/c1-3-4(2)12-7(13)5(9)6(10)11-8(12)14/h4H,3H2,1-2H3,(H,11,14). The molecule has 0 saturated heterocycles. The van der Waals surface area contributed by atoms with E-state index in [4.69, 9.17) is 0 Å². The molecule has 4 nitrogen and oxygen atoms in total. The number of hydrogen-bond donors (Lipinski definition) is 1. The predicted octanol–water partition coefficient (Wildman–Crippen LogP) is 1.41. The lowest BCUT2D eigenvalue weighted by Gasteiger charge is -2.11. The summed E-state index contributed by atoms with van der Waals surface area (Å²) in [7, 11) is 0. The Morgan fingerprint density at radius 1 is 1.57 bits per heavy atom. The minimum atomic E-state index is -0.931. The molecule has 1 atom stereocenters. The summed E-state index contributed by atoms with van der Waals surface area (Å²) >= 11 is 2.78. The zero-order chi connectivity index (χ0) is 10.9. The topological polar surface area (TPSA) is 54.9 Å². The van der Waals surface area contributed by atoms with Crippen LogP contribution in [0.1, 0.15) is 26.3 Å². The van der Waals surface area contributed by atoms with E-state index in [1.54, 1.807) is 6.92 Å². The van der Waals surface area contributed by atoms with Gasteiger partial charge in [-0.15, -0.1) is 0 Å². The highest BCUT2D eigenvalue weighted by Crippen LogP contribution is 2.08. The molecule has 1 aromatic heterocycles. The highest BCUT2D eigenvalue weighted by molar-refractivity contribution is 9.10. The van der Waals surface area contributed by atoms with E-state index in [-0.39, 0.29) is 10.5 Å². The van der Waals surface area contributed by atoms with Gasteiger partial charge in [-0.25, -0.2) is 4.79 Å². The van der Waals surface area contributed by atoms with Crippen LogP contribution in [0.15, 0.2) is 14.1 Å². The van der Waals surface area contributed by atoms with Crippen LogP contribution in [0.3, 0.4) is 0 Å². The average Bonchev–Trinajstić information content (AvgIpc) is 2.14. The molecule has 1 N–H and O–H groups in total. The molecule has 0 aromatic carbocycles. The van der Waals surface area contributed by atoms with Crippen molar-refractivity contribution in [3.8, 4) is 0 Å². The second kappa shape index (κ2) is 4.08. The lowest BCUT2D eigenvalue weighted by atomic mass is 10.2. The van der Waals surface area contributed by atoms with Crippen molar-refractivity contribution in [1.29, 1.82) is 0 Å². The molecule has 0 radical (unpaired) electrons. The minimum absolute atomic E-state index is 0.239. The summed E-state index contributed by atoms with van der Waals surface area (Å²) < 4.78 is 13.6. The van der Waals surface area contributed by atoms with Crippen LogP contribution >= 0.6 is 15.9 Å².